The Bertz CT molecular complexity index is 889. The van der Waals surface area contributed by atoms with Crippen LogP contribution in [0, 0.1) is 0 Å². The van der Waals surface area contributed by atoms with Gasteiger partial charge in [0.2, 0.25) is 0 Å². The molecule has 0 fully saturated rings. The molecule has 0 rings (SSSR count). The number of hydrogen-bond acceptors (Lipinski definition) is 2. The Morgan fingerprint density at radius 3 is 0.609 bits per heavy atom. The quantitative estimate of drug-likeness (QED) is 0.0443. The van der Waals surface area contributed by atoms with Gasteiger partial charge in [0.05, 0.1) is 0 Å². The molecule has 0 N–H and O–H groups in total. The van der Waals surface area contributed by atoms with E-state index in [0.29, 0.717) is 0 Å². The van der Waals surface area contributed by atoms with Crippen LogP contribution >= 0.6 is 0 Å². The molecule has 0 aliphatic carbocycles. The van der Waals surface area contributed by atoms with E-state index in [1.54, 1.807) is 0 Å². The van der Waals surface area contributed by atoms with Gasteiger partial charge in [0.15, 0.2) is 0 Å². The van der Waals surface area contributed by atoms with Crippen LogP contribution in [0.1, 0.15) is 335 Å². The lowest BCUT2D eigenvalue weighted by Crippen LogP contribution is -2.27. The smallest absolute Gasteiger partial charge is 0.00892 e. The van der Waals surface area contributed by atoms with Crippen LogP contribution in [0.3, 0.4) is 0 Å². The predicted molar refractivity (Wildman–Crippen MR) is 295 cm³/mol. The second kappa shape index (κ2) is 55.0. The van der Waals surface area contributed by atoms with Crippen molar-refractivity contribution < 1.29 is 0 Å². The predicted octanol–water partition coefficient (Wildman–Crippen LogP) is 21.5. The molecule has 2 nitrogen and oxygen atoms in total. The van der Waals surface area contributed by atoms with Crippen LogP contribution in [0.2, 0.25) is 0 Å². The Kier molecular flexibility index (Phi) is 54.5. The fourth-order valence-corrected chi connectivity index (χ4v) is 10.2. The van der Waals surface area contributed by atoms with Crippen molar-refractivity contribution in [3.8, 4) is 0 Å². The lowest BCUT2D eigenvalue weighted by molar-refractivity contribution is 0.251. The van der Waals surface area contributed by atoms with Crippen molar-refractivity contribution in [2.75, 3.05) is 28.2 Å². The van der Waals surface area contributed by atoms with Gasteiger partial charge in [-0.2, -0.15) is 0 Å². The third kappa shape index (κ3) is 50.8. The minimum absolute atomic E-state index is 0.781. The Labute approximate surface area is 407 Å². The molecule has 0 saturated heterocycles. The summed E-state index contributed by atoms with van der Waals surface area (Å²) >= 11 is 0. The highest BCUT2D eigenvalue weighted by molar-refractivity contribution is 4.83. The monoisotopic (exact) mass is 897 g/mol. The van der Waals surface area contributed by atoms with E-state index < -0.39 is 0 Å². The molecular formula is C62H124N2. The molecule has 0 aromatic carbocycles. The molecule has 0 aliphatic heterocycles. The van der Waals surface area contributed by atoms with Gasteiger partial charge in [-0.25, -0.2) is 0 Å². The SMILES string of the molecule is CCCCCCCCCCC/C=C\CCCCCCC(CCCCCCCCCCCCCCCCCCCCCCCC=CCCCC(CCCCCCCCC)N(C)C)N(C)C. The van der Waals surface area contributed by atoms with Crippen molar-refractivity contribution >= 4 is 0 Å². The average molecular weight is 898 g/mol. The summed E-state index contributed by atoms with van der Waals surface area (Å²) in [6.07, 6.45) is 81.3. The van der Waals surface area contributed by atoms with Gasteiger partial charge < -0.3 is 9.80 Å². The zero-order valence-electron chi connectivity index (χ0n) is 45.7. The minimum atomic E-state index is 0.781. The summed E-state index contributed by atoms with van der Waals surface area (Å²) in [4.78, 5) is 4.99. The van der Waals surface area contributed by atoms with Crippen molar-refractivity contribution in [3.05, 3.63) is 24.3 Å². The molecule has 0 spiro atoms. The summed E-state index contributed by atoms with van der Waals surface area (Å²) in [6, 6.07) is 1.58. The van der Waals surface area contributed by atoms with Crippen LogP contribution in [0.5, 0.6) is 0 Å². The van der Waals surface area contributed by atoms with Gasteiger partial charge in [0, 0.05) is 12.1 Å². The first-order chi connectivity index (χ1) is 31.5. The molecule has 0 aromatic rings. The van der Waals surface area contributed by atoms with E-state index in [4.69, 9.17) is 0 Å². The fourth-order valence-electron chi connectivity index (χ4n) is 10.2. The molecule has 2 unspecified atom stereocenters. The molecule has 0 saturated carbocycles. The van der Waals surface area contributed by atoms with Crippen LogP contribution < -0.4 is 0 Å². The third-order valence-electron chi connectivity index (χ3n) is 14.9. The number of nitrogens with zero attached hydrogens (tertiary/aromatic N) is 2. The van der Waals surface area contributed by atoms with Gasteiger partial charge in [-0.15, -0.1) is 0 Å². The van der Waals surface area contributed by atoms with E-state index >= 15 is 0 Å². The van der Waals surface area contributed by atoms with Crippen molar-refractivity contribution in [3.63, 3.8) is 0 Å². The number of rotatable bonds is 55. The highest BCUT2D eigenvalue weighted by Gasteiger charge is 2.11. The molecular weight excluding hydrogens is 773 g/mol. The molecule has 0 aromatic heterocycles. The van der Waals surface area contributed by atoms with Gasteiger partial charge in [-0.05, 0) is 105 Å². The molecule has 0 bridgehead atoms. The Hall–Kier alpha value is -0.600. The maximum Gasteiger partial charge on any atom is 0.00892 e. The van der Waals surface area contributed by atoms with Crippen LogP contribution in [-0.2, 0) is 0 Å². The van der Waals surface area contributed by atoms with Gasteiger partial charge in [0.25, 0.3) is 0 Å². The standard InChI is InChI=1S/C62H124N2/c1-7-9-11-13-15-16-17-18-19-30-33-36-39-42-47-51-55-59-62(64(5)6)60-56-52-48-44-41-38-35-32-29-27-25-23-21-20-22-24-26-28-31-34-37-40-43-46-50-54-58-61(63(3)4)57-53-49-45-14-12-10-8-2/h33,36,43,46,61-62H,7-32,34-35,37-42,44-45,47-60H2,1-6H3/b36-33-,46-43?. The molecule has 382 valence electrons. The van der Waals surface area contributed by atoms with Gasteiger partial charge in [-0.1, -0.05) is 282 Å². The van der Waals surface area contributed by atoms with Crippen LogP contribution in [-0.4, -0.2) is 50.1 Å². The summed E-state index contributed by atoms with van der Waals surface area (Å²) in [5.74, 6) is 0. The van der Waals surface area contributed by atoms with E-state index in [2.05, 4.69) is 76.1 Å². The Morgan fingerprint density at radius 2 is 0.391 bits per heavy atom. The lowest BCUT2D eigenvalue weighted by Gasteiger charge is -2.24. The zero-order valence-corrected chi connectivity index (χ0v) is 45.7. The lowest BCUT2D eigenvalue weighted by atomic mass is 9.99. The van der Waals surface area contributed by atoms with Crippen LogP contribution in [0.4, 0.5) is 0 Å². The van der Waals surface area contributed by atoms with E-state index in [1.807, 2.05) is 0 Å². The molecule has 2 heteroatoms. The van der Waals surface area contributed by atoms with Crippen LogP contribution in [0.25, 0.3) is 0 Å². The second-order valence-electron chi connectivity index (χ2n) is 21.6. The zero-order chi connectivity index (χ0) is 46.5. The summed E-state index contributed by atoms with van der Waals surface area (Å²) < 4.78 is 0. The molecule has 64 heavy (non-hydrogen) atoms. The first kappa shape index (κ1) is 63.4. The van der Waals surface area contributed by atoms with E-state index in [1.165, 1.54) is 321 Å². The molecule has 0 aliphatic rings. The van der Waals surface area contributed by atoms with Crippen molar-refractivity contribution in [1.29, 1.82) is 0 Å². The van der Waals surface area contributed by atoms with E-state index in [0.717, 1.165) is 12.1 Å². The topological polar surface area (TPSA) is 6.48 Å². The molecule has 0 heterocycles. The third-order valence-corrected chi connectivity index (χ3v) is 14.9. The molecule has 0 amide bonds. The summed E-state index contributed by atoms with van der Waals surface area (Å²) in [7, 11) is 9.20. The van der Waals surface area contributed by atoms with Gasteiger partial charge >= 0.3 is 0 Å². The largest absolute Gasteiger partial charge is 0.306 e. The van der Waals surface area contributed by atoms with Gasteiger partial charge in [-0.3, -0.25) is 0 Å². The van der Waals surface area contributed by atoms with Crippen molar-refractivity contribution in [1.82, 2.24) is 9.80 Å². The van der Waals surface area contributed by atoms with Crippen LogP contribution in [0.15, 0.2) is 24.3 Å². The fraction of sp³-hybridized carbons (Fsp3) is 0.935. The van der Waals surface area contributed by atoms with Crippen molar-refractivity contribution in [2.24, 2.45) is 0 Å². The van der Waals surface area contributed by atoms with Crippen molar-refractivity contribution in [2.45, 2.75) is 347 Å². The minimum Gasteiger partial charge on any atom is -0.306 e. The second-order valence-corrected chi connectivity index (χ2v) is 21.6. The van der Waals surface area contributed by atoms with E-state index in [9.17, 15) is 0 Å². The molecule has 2 atom stereocenters. The highest BCUT2D eigenvalue weighted by atomic mass is 15.1. The molecule has 0 radical (unpaired) electrons. The summed E-state index contributed by atoms with van der Waals surface area (Å²) in [5.41, 5.74) is 0. The average Bonchev–Trinajstić information content (AvgIpc) is 3.28. The van der Waals surface area contributed by atoms with E-state index in [-0.39, 0.29) is 0 Å². The first-order valence-corrected chi connectivity index (χ1v) is 30.2. The summed E-state index contributed by atoms with van der Waals surface area (Å²) in [6.45, 7) is 4.62. The Balaban J connectivity index is 3.41. The number of unbranched alkanes of at least 4 members (excludes halogenated alkanes) is 41. The van der Waals surface area contributed by atoms with Gasteiger partial charge in [0.1, 0.15) is 0 Å². The normalized spacial score (nSPS) is 13.2. The maximum absolute atomic E-state index is 2.51. The number of allylic oxidation sites excluding steroid dienone is 4. The number of hydrogen-bond donors (Lipinski definition) is 0. The summed E-state index contributed by atoms with van der Waals surface area (Å²) in [5, 5.41) is 0. The Morgan fingerprint density at radius 1 is 0.219 bits per heavy atom. The maximum atomic E-state index is 2.51. The highest BCUT2D eigenvalue weighted by Crippen LogP contribution is 2.20. The first-order valence-electron chi connectivity index (χ1n) is 30.2.